The Labute approximate surface area is 116 Å². The average Bonchev–Trinajstić information content (AvgIpc) is 2.82. The van der Waals surface area contributed by atoms with Crippen LogP contribution in [0.4, 0.5) is 0 Å². The van der Waals surface area contributed by atoms with E-state index in [1.807, 2.05) is 54.6 Å². The van der Waals surface area contributed by atoms with Gasteiger partial charge in [-0.3, -0.25) is 0 Å². The Morgan fingerprint density at radius 1 is 0.895 bits per heavy atom. The summed E-state index contributed by atoms with van der Waals surface area (Å²) in [6.07, 6.45) is 0. The van der Waals surface area contributed by atoms with Gasteiger partial charge in [-0.05, 0) is 23.3 Å². The maximum Gasteiger partial charge on any atom is 0.339 e. The van der Waals surface area contributed by atoms with Crippen molar-refractivity contribution >= 4 is 28.7 Å². The molecule has 0 fully saturated rings. The summed E-state index contributed by atoms with van der Waals surface area (Å²) in [5.74, 6) is -0.267. The number of cyclic esters (lactones) is 1. The minimum atomic E-state index is -0.267. The number of carbonyl (C=O) groups excluding carboxylic acids is 1. The molecule has 2 aromatic rings. The maximum absolute atomic E-state index is 11.9. The van der Waals surface area contributed by atoms with E-state index in [1.54, 1.807) is 0 Å². The number of benzene rings is 2. The molecule has 0 amide bonds. The molecule has 0 atom stereocenters. The summed E-state index contributed by atoms with van der Waals surface area (Å²) in [5.41, 5.74) is 3.40. The van der Waals surface area contributed by atoms with Crippen LogP contribution in [0.1, 0.15) is 11.1 Å². The molecule has 0 radical (unpaired) electrons. The van der Waals surface area contributed by atoms with E-state index in [1.165, 1.54) is 0 Å². The van der Waals surface area contributed by atoms with Crippen molar-refractivity contribution in [2.45, 2.75) is 0 Å². The van der Waals surface area contributed by atoms with Crippen LogP contribution in [-0.4, -0.2) is 12.6 Å². The Bertz CT molecular complexity index is 642. The van der Waals surface area contributed by atoms with Crippen molar-refractivity contribution in [3.05, 3.63) is 70.7 Å². The maximum atomic E-state index is 11.9. The highest BCUT2D eigenvalue weighted by Gasteiger charge is 2.26. The zero-order valence-corrected chi connectivity index (χ0v) is 10.9. The lowest BCUT2D eigenvalue weighted by Gasteiger charge is -2.04. The molecule has 19 heavy (non-hydrogen) atoms. The molecule has 1 heterocycles. The smallest absolute Gasteiger partial charge is 0.339 e. The zero-order valence-electron chi connectivity index (χ0n) is 10.1. The molecule has 0 saturated carbocycles. The van der Waals surface area contributed by atoms with Crippen molar-refractivity contribution in [1.82, 2.24) is 0 Å². The van der Waals surface area contributed by atoms with Crippen molar-refractivity contribution < 1.29 is 9.53 Å². The van der Waals surface area contributed by atoms with Crippen LogP contribution in [0.3, 0.4) is 0 Å². The first kappa shape index (κ1) is 12.0. The fourth-order valence-corrected chi connectivity index (χ4v) is 2.31. The minimum absolute atomic E-state index is 0.267. The van der Waals surface area contributed by atoms with Crippen molar-refractivity contribution in [2.75, 3.05) is 6.61 Å². The van der Waals surface area contributed by atoms with Crippen LogP contribution >= 0.6 is 11.6 Å². The zero-order chi connectivity index (χ0) is 13.2. The van der Waals surface area contributed by atoms with E-state index in [0.29, 0.717) is 17.2 Å². The number of hydrogen-bond donors (Lipinski definition) is 0. The molecular formula is C16H11ClO2. The first-order valence-corrected chi connectivity index (χ1v) is 6.35. The first-order chi connectivity index (χ1) is 9.25. The molecule has 2 nitrogen and oxygen atoms in total. The highest BCUT2D eigenvalue weighted by atomic mass is 35.5. The molecule has 0 aliphatic carbocycles. The van der Waals surface area contributed by atoms with E-state index in [9.17, 15) is 4.79 Å². The van der Waals surface area contributed by atoms with E-state index in [0.717, 1.165) is 16.7 Å². The van der Waals surface area contributed by atoms with Gasteiger partial charge in [0.1, 0.15) is 6.61 Å². The van der Waals surface area contributed by atoms with Gasteiger partial charge in [-0.1, -0.05) is 54.1 Å². The van der Waals surface area contributed by atoms with E-state index in [2.05, 4.69) is 0 Å². The molecule has 3 rings (SSSR count). The van der Waals surface area contributed by atoms with Crippen LogP contribution in [-0.2, 0) is 9.53 Å². The van der Waals surface area contributed by atoms with Gasteiger partial charge in [0, 0.05) is 10.6 Å². The third-order valence-electron chi connectivity index (χ3n) is 3.11. The summed E-state index contributed by atoms with van der Waals surface area (Å²) in [6, 6.07) is 17.0. The van der Waals surface area contributed by atoms with Crippen molar-refractivity contribution in [3.63, 3.8) is 0 Å². The molecule has 0 unspecified atom stereocenters. The van der Waals surface area contributed by atoms with E-state index >= 15 is 0 Å². The molecular weight excluding hydrogens is 260 g/mol. The number of halogens is 1. The number of esters is 1. The number of rotatable bonds is 2. The van der Waals surface area contributed by atoms with Crippen LogP contribution in [0.5, 0.6) is 0 Å². The molecule has 2 aromatic carbocycles. The van der Waals surface area contributed by atoms with Crippen LogP contribution in [0.2, 0.25) is 5.02 Å². The number of ether oxygens (including phenoxy) is 1. The molecule has 1 aliphatic rings. The number of hydrogen-bond acceptors (Lipinski definition) is 2. The lowest BCUT2D eigenvalue weighted by molar-refractivity contribution is -0.133. The van der Waals surface area contributed by atoms with Gasteiger partial charge in [0.15, 0.2) is 0 Å². The molecule has 94 valence electrons. The normalized spacial score (nSPS) is 14.7. The predicted molar refractivity (Wildman–Crippen MR) is 75.7 cm³/mol. The SMILES string of the molecule is O=C1OCC(c2ccc(Cl)cc2)=C1c1ccccc1. The van der Waals surface area contributed by atoms with Gasteiger partial charge in [0.2, 0.25) is 0 Å². The average molecular weight is 271 g/mol. The second kappa shape index (κ2) is 4.90. The molecule has 3 heteroatoms. The molecule has 0 saturated heterocycles. The number of carbonyl (C=O) groups is 1. The lowest BCUT2D eigenvalue weighted by atomic mass is 9.97. The first-order valence-electron chi connectivity index (χ1n) is 5.97. The third kappa shape index (κ3) is 2.27. The summed E-state index contributed by atoms with van der Waals surface area (Å²) >= 11 is 5.89. The van der Waals surface area contributed by atoms with Gasteiger partial charge < -0.3 is 4.74 Å². The topological polar surface area (TPSA) is 26.3 Å². The van der Waals surface area contributed by atoms with Gasteiger partial charge in [0.05, 0.1) is 5.57 Å². The Kier molecular flexibility index (Phi) is 3.10. The molecule has 0 spiro atoms. The fraction of sp³-hybridized carbons (Fsp3) is 0.0625. The summed E-state index contributed by atoms with van der Waals surface area (Å²) in [4.78, 5) is 11.9. The summed E-state index contributed by atoms with van der Waals surface area (Å²) in [6.45, 7) is 0.310. The lowest BCUT2D eigenvalue weighted by Crippen LogP contribution is -1.98. The van der Waals surface area contributed by atoms with Crippen LogP contribution < -0.4 is 0 Å². The van der Waals surface area contributed by atoms with E-state index in [-0.39, 0.29) is 5.97 Å². The quantitative estimate of drug-likeness (QED) is 0.776. The minimum Gasteiger partial charge on any atom is -0.457 e. The molecule has 0 aromatic heterocycles. The van der Waals surface area contributed by atoms with Gasteiger partial charge in [-0.15, -0.1) is 0 Å². The second-order valence-corrected chi connectivity index (χ2v) is 4.74. The van der Waals surface area contributed by atoms with Crippen LogP contribution in [0.25, 0.3) is 11.1 Å². The third-order valence-corrected chi connectivity index (χ3v) is 3.36. The van der Waals surface area contributed by atoms with Gasteiger partial charge in [-0.2, -0.15) is 0 Å². The summed E-state index contributed by atoms with van der Waals surface area (Å²) < 4.78 is 5.17. The van der Waals surface area contributed by atoms with Gasteiger partial charge in [0.25, 0.3) is 0 Å². The monoisotopic (exact) mass is 270 g/mol. The van der Waals surface area contributed by atoms with Crippen LogP contribution in [0.15, 0.2) is 54.6 Å². The highest BCUT2D eigenvalue weighted by molar-refractivity contribution is 6.31. The summed E-state index contributed by atoms with van der Waals surface area (Å²) in [5, 5.41) is 0.677. The second-order valence-electron chi connectivity index (χ2n) is 4.30. The Morgan fingerprint density at radius 3 is 2.26 bits per heavy atom. The van der Waals surface area contributed by atoms with Crippen molar-refractivity contribution in [1.29, 1.82) is 0 Å². The molecule has 1 aliphatic heterocycles. The molecule has 0 bridgehead atoms. The van der Waals surface area contributed by atoms with Crippen molar-refractivity contribution in [2.24, 2.45) is 0 Å². The van der Waals surface area contributed by atoms with Crippen LogP contribution in [0, 0.1) is 0 Å². The largest absolute Gasteiger partial charge is 0.457 e. The van der Waals surface area contributed by atoms with E-state index < -0.39 is 0 Å². The van der Waals surface area contributed by atoms with Crippen molar-refractivity contribution in [3.8, 4) is 0 Å². The molecule has 0 N–H and O–H groups in total. The predicted octanol–water partition coefficient (Wildman–Crippen LogP) is 3.81. The van der Waals surface area contributed by atoms with Gasteiger partial charge >= 0.3 is 5.97 Å². The Balaban J connectivity index is 2.13. The summed E-state index contributed by atoms with van der Waals surface area (Å²) in [7, 11) is 0. The van der Waals surface area contributed by atoms with E-state index in [4.69, 9.17) is 16.3 Å². The Hall–Kier alpha value is -2.06. The Morgan fingerprint density at radius 2 is 1.58 bits per heavy atom. The van der Waals surface area contributed by atoms with Gasteiger partial charge in [-0.25, -0.2) is 4.79 Å². The fourth-order valence-electron chi connectivity index (χ4n) is 2.18. The highest BCUT2D eigenvalue weighted by Crippen LogP contribution is 2.33. The standard InChI is InChI=1S/C16H11ClO2/c17-13-8-6-11(7-9-13)14-10-19-16(18)15(14)12-4-2-1-3-5-12/h1-9H,10H2.